The van der Waals surface area contributed by atoms with Gasteiger partial charge in [0.05, 0.1) is 0 Å². The van der Waals surface area contributed by atoms with Gasteiger partial charge in [-0.05, 0) is 11.1 Å². The van der Waals surface area contributed by atoms with Gasteiger partial charge in [0.2, 0.25) is 0 Å². The largest absolute Gasteiger partial charge is 0.281 e. The molecule has 0 unspecified atom stereocenters. The Hall–Kier alpha value is 0.540. The Morgan fingerprint density at radius 2 is 1.09 bits per heavy atom. The van der Waals surface area contributed by atoms with Gasteiger partial charge in [-0.15, -0.1) is 47.0 Å². The molecule has 2 saturated heterocycles. The normalized spacial score (nSPS) is 22.2. The van der Waals surface area contributed by atoms with Crippen LogP contribution in [0.5, 0.6) is 0 Å². The van der Waals surface area contributed by atoms with Crippen molar-refractivity contribution >= 4 is 47.0 Å². The number of benzene rings is 1. The Bertz CT molecular complexity index is 404. The molecule has 2 nitrogen and oxygen atoms in total. The van der Waals surface area contributed by atoms with Gasteiger partial charge in [-0.1, -0.05) is 24.3 Å². The highest BCUT2D eigenvalue weighted by molar-refractivity contribution is 8.03. The van der Waals surface area contributed by atoms with Crippen molar-refractivity contribution < 1.29 is 0 Å². The molecule has 0 atom stereocenters. The first-order valence-electron chi connectivity index (χ1n) is 7.74. The van der Waals surface area contributed by atoms with E-state index < -0.39 is 0 Å². The third-order valence-corrected chi connectivity index (χ3v) is 8.32. The summed E-state index contributed by atoms with van der Waals surface area (Å²) in [7, 11) is 0. The van der Waals surface area contributed by atoms with Crippen molar-refractivity contribution in [2.24, 2.45) is 0 Å². The van der Waals surface area contributed by atoms with Crippen LogP contribution < -0.4 is 0 Å². The molecule has 1 aromatic rings. The molecule has 2 heterocycles. The zero-order valence-corrected chi connectivity index (χ0v) is 16.2. The fourth-order valence-electron chi connectivity index (χ4n) is 2.61. The van der Waals surface area contributed by atoms with Crippen LogP contribution >= 0.6 is 47.0 Å². The molecular formula is C16H24N2S4. The first-order valence-corrected chi connectivity index (χ1v) is 12.4. The highest BCUT2D eigenvalue weighted by Gasteiger charge is 2.12. The average Bonchev–Trinajstić information content (AvgIpc) is 2.93. The van der Waals surface area contributed by atoms with Crippen molar-refractivity contribution in [3.8, 4) is 0 Å². The fourth-order valence-corrected chi connectivity index (χ4v) is 7.01. The van der Waals surface area contributed by atoms with Gasteiger partial charge in [0.1, 0.15) is 0 Å². The summed E-state index contributed by atoms with van der Waals surface area (Å²) in [6.07, 6.45) is 0. The first kappa shape index (κ1) is 17.4. The summed E-state index contributed by atoms with van der Waals surface area (Å²) in [5, 5.41) is 0. The smallest absolute Gasteiger partial charge is 0.0456 e. The monoisotopic (exact) mass is 372 g/mol. The minimum absolute atomic E-state index is 1.09. The Kier molecular flexibility index (Phi) is 7.69. The number of hydrogen-bond acceptors (Lipinski definition) is 6. The Labute approximate surface area is 151 Å². The van der Waals surface area contributed by atoms with Crippen LogP contribution in [0.1, 0.15) is 11.1 Å². The van der Waals surface area contributed by atoms with Gasteiger partial charge in [0, 0.05) is 59.6 Å². The summed E-state index contributed by atoms with van der Waals surface area (Å²) in [6.45, 7) is 2.19. The molecule has 0 aromatic heterocycles. The van der Waals surface area contributed by atoms with Crippen LogP contribution in [0.15, 0.2) is 24.3 Å². The zero-order chi connectivity index (χ0) is 15.0. The standard InChI is InChI=1S/C16H24N2S4/c1-2-15(9-17-11-19-4-5-20-12-17)8-16(3-1)10-18-13-21-6-7-22-14-18/h1-3,8H,4-7,9-14H2. The van der Waals surface area contributed by atoms with Crippen molar-refractivity contribution in [1.29, 1.82) is 0 Å². The van der Waals surface area contributed by atoms with E-state index in [4.69, 9.17) is 0 Å². The first-order chi connectivity index (χ1) is 10.9. The minimum atomic E-state index is 1.09. The van der Waals surface area contributed by atoms with E-state index >= 15 is 0 Å². The maximum Gasteiger partial charge on any atom is 0.0456 e. The van der Waals surface area contributed by atoms with Gasteiger partial charge in [0.25, 0.3) is 0 Å². The second-order valence-corrected chi connectivity index (χ2v) is 9.93. The lowest BCUT2D eigenvalue weighted by Gasteiger charge is -2.21. The van der Waals surface area contributed by atoms with Crippen molar-refractivity contribution in [3.05, 3.63) is 35.4 Å². The molecular weight excluding hydrogens is 348 g/mol. The number of thioether (sulfide) groups is 4. The van der Waals surface area contributed by atoms with Gasteiger partial charge in [-0.2, -0.15) is 0 Å². The van der Waals surface area contributed by atoms with E-state index in [1.54, 1.807) is 0 Å². The summed E-state index contributed by atoms with van der Waals surface area (Å²) in [5.74, 6) is 9.90. The van der Waals surface area contributed by atoms with Crippen molar-refractivity contribution in [2.75, 3.05) is 46.5 Å². The maximum atomic E-state index is 2.57. The van der Waals surface area contributed by atoms with Gasteiger partial charge in [0.15, 0.2) is 0 Å². The molecule has 0 saturated carbocycles. The number of rotatable bonds is 4. The zero-order valence-electron chi connectivity index (χ0n) is 12.9. The SMILES string of the molecule is c1cc(CN2CSCCSC2)cc(CN2CSCCSC2)c1. The Balaban J connectivity index is 1.56. The van der Waals surface area contributed by atoms with Crippen LogP contribution in [0.2, 0.25) is 0 Å². The van der Waals surface area contributed by atoms with Crippen molar-refractivity contribution in [1.82, 2.24) is 9.80 Å². The second kappa shape index (κ2) is 9.74. The molecule has 2 aliphatic heterocycles. The van der Waals surface area contributed by atoms with E-state index in [-0.39, 0.29) is 0 Å². The molecule has 1 aromatic carbocycles. The van der Waals surface area contributed by atoms with E-state index in [0.29, 0.717) is 0 Å². The summed E-state index contributed by atoms with van der Waals surface area (Å²) in [5.41, 5.74) is 2.94. The molecule has 0 spiro atoms. The maximum absolute atomic E-state index is 2.57. The molecule has 0 N–H and O–H groups in total. The molecule has 3 rings (SSSR count). The fraction of sp³-hybridized carbons (Fsp3) is 0.625. The molecule has 2 aliphatic rings. The quantitative estimate of drug-likeness (QED) is 0.780. The molecule has 6 heteroatoms. The lowest BCUT2D eigenvalue weighted by molar-refractivity contribution is 0.365. The van der Waals surface area contributed by atoms with Crippen LogP contribution in [0.3, 0.4) is 0 Å². The molecule has 0 aliphatic carbocycles. The highest BCUT2D eigenvalue weighted by Crippen LogP contribution is 2.22. The molecule has 2 fully saturated rings. The van der Waals surface area contributed by atoms with E-state index in [1.165, 1.54) is 57.6 Å². The van der Waals surface area contributed by atoms with Gasteiger partial charge < -0.3 is 0 Å². The molecule has 122 valence electrons. The minimum Gasteiger partial charge on any atom is -0.281 e. The lowest BCUT2D eigenvalue weighted by atomic mass is 10.1. The van der Waals surface area contributed by atoms with Crippen molar-refractivity contribution in [3.63, 3.8) is 0 Å². The second-order valence-electron chi connectivity index (χ2n) is 5.63. The van der Waals surface area contributed by atoms with E-state index in [9.17, 15) is 0 Å². The summed E-state index contributed by atoms with van der Waals surface area (Å²) in [4.78, 5) is 5.14. The molecule has 22 heavy (non-hydrogen) atoms. The molecule has 0 amide bonds. The van der Waals surface area contributed by atoms with Crippen LogP contribution in [0, 0.1) is 0 Å². The van der Waals surface area contributed by atoms with Gasteiger partial charge in [-0.3, -0.25) is 9.80 Å². The van der Waals surface area contributed by atoms with Crippen molar-refractivity contribution in [2.45, 2.75) is 13.1 Å². The van der Waals surface area contributed by atoms with E-state index in [0.717, 1.165) is 13.1 Å². The lowest BCUT2D eigenvalue weighted by Crippen LogP contribution is -2.22. The predicted molar refractivity (Wildman–Crippen MR) is 107 cm³/mol. The predicted octanol–water partition coefficient (Wildman–Crippen LogP) is 4.08. The summed E-state index contributed by atoms with van der Waals surface area (Å²) >= 11 is 8.28. The number of nitrogens with zero attached hydrogens (tertiary/aromatic N) is 2. The summed E-state index contributed by atoms with van der Waals surface area (Å²) < 4.78 is 0. The Morgan fingerprint density at radius 3 is 1.50 bits per heavy atom. The van der Waals surface area contributed by atoms with Crippen LogP contribution in [-0.4, -0.2) is 56.3 Å². The molecule has 0 radical (unpaired) electrons. The van der Waals surface area contributed by atoms with Gasteiger partial charge in [-0.25, -0.2) is 0 Å². The van der Waals surface area contributed by atoms with Gasteiger partial charge >= 0.3 is 0 Å². The van der Waals surface area contributed by atoms with E-state index in [1.807, 2.05) is 0 Å². The third kappa shape index (κ3) is 5.87. The molecule has 0 bridgehead atoms. The highest BCUT2D eigenvalue weighted by atomic mass is 32.2. The third-order valence-electron chi connectivity index (χ3n) is 3.64. The van der Waals surface area contributed by atoms with E-state index in [2.05, 4.69) is 81.1 Å². The van der Waals surface area contributed by atoms with Crippen LogP contribution in [-0.2, 0) is 13.1 Å². The van der Waals surface area contributed by atoms with Crippen LogP contribution in [0.4, 0.5) is 0 Å². The Morgan fingerprint density at radius 1 is 0.682 bits per heavy atom. The average molecular weight is 373 g/mol. The topological polar surface area (TPSA) is 6.48 Å². The van der Waals surface area contributed by atoms with Crippen LogP contribution in [0.25, 0.3) is 0 Å². The summed E-state index contributed by atoms with van der Waals surface area (Å²) in [6, 6.07) is 9.23. The number of hydrogen-bond donors (Lipinski definition) is 0.